The summed E-state index contributed by atoms with van der Waals surface area (Å²) in [5, 5.41) is 15.6. The first-order valence-electron chi connectivity index (χ1n) is 17.4. The largest absolute Gasteiger partial charge is 0.497 e. The highest BCUT2D eigenvalue weighted by atomic mass is 16.6. The van der Waals surface area contributed by atoms with Gasteiger partial charge < -0.3 is 39.6 Å². The molecule has 3 aliphatic heterocycles. The van der Waals surface area contributed by atoms with Gasteiger partial charge in [0.1, 0.15) is 35.1 Å². The predicted molar refractivity (Wildman–Crippen MR) is 180 cm³/mol. The average Bonchev–Trinajstić information content (AvgIpc) is 3.59. The van der Waals surface area contributed by atoms with E-state index in [1.54, 1.807) is 39.9 Å². The Hall–Kier alpha value is -4.33. The third-order valence-corrected chi connectivity index (χ3v) is 9.85. The first kappa shape index (κ1) is 36.9. The molecule has 3 N–H and O–H groups in total. The number of amides is 4. The number of ether oxygens (including phenoxy) is 4. The van der Waals surface area contributed by atoms with Crippen molar-refractivity contribution >= 4 is 30.0 Å². The molecule has 1 aliphatic carbocycles. The molecule has 0 bridgehead atoms. The van der Waals surface area contributed by atoms with Crippen LogP contribution in [0, 0.1) is 5.92 Å². The fourth-order valence-corrected chi connectivity index (χ4v) is 7.18. The maximum atomic E-state index is 14.2. The van der Waals surface area contributed by atoms with Gasteiger partial charge in [-0.25, -0.2) is 14.4 Å². The van der Waals surface area contributed by atoms with Crippen LogP contribution in [0.2, 0.25) is 0 Å². The molecule has 4 aliphatic rings. The van der Waals surface area contributed by atoms with Crippen LogP contribution in [0.5, 0.6) is 5.75 Å². The number of benzene rings is 1. The molecular weight excluding hydrogens is 648 g/mol. The molecule has 274 valence electrons. The van der Waals surface area contributed by atoms with Crippen molar-refractivity contribution in [2.75, 3.05) is 33.9 Å². The van der Waals surface area contributed by atoms with Gasteiger partial charge in [0.2, 0.25) is 11.8 Å². The molecule has 3 heterocycles. The van der Waals surface area contributed by atoms with E-state index in [1.807, 2.05) is 30.4 Å². The molecule has 1 unspecified atom stereocenters. The highest BCUT2D eigenvalue weighted by Crippen LogP contribution is 2.45. The van der Waals surface area contributed by atoms with Crippen molar-refractivity contribution in [1.29, 1.82) is 0 Å². The lowest BCUT2D eigenvalue weighted by atomic mass is 9.93. The molecular formula is C36H50N4O10. The minimum absolute atomic E-state index is 0.0464. The number of nitrogens with zero attached hydrogens (tertiary/aromatic N) is 2. The number of hydrogen-bond acceptors (Lipinski definition) is 9. The van der Waals surface area contributed by atoms with Gasteiger partial charge in [0.05, 0.1) is 26.3 Å². The Kier molecular flexibility index (Phi) is 11.3. The number of fused-ring (bicyclic) bond motifs is 3. The molecule has 2 fully saturated rings. The Labute approximate surface area is 292 Å². The van der Waals surface area contributed by atoms with Crippen molar-refractivity contribution in [2.45, 2.75) is 108 Å². The Morgan fingerprint density at radius 3 is 2.60 bits per heavy atom. The van der Waals surface area contributed by atoms with Crippen LogP contribution in [-0.4, -0.2) is 108 Å². The van der Waals surface area contributed by atoms with Crippen molar-refractivity contribution in [3.63, 3.8) is 0 Å². The third kappa shape index (κ3) is 8.34. The quantitative estimate of drug-likeness (QED) is 0.372. The van der Waals surface area contributed by atoms with Crippen LogP contribution in [0.4, 0.5) is 9.59 Å². The van der Waals surface area contributed by atoms with Crippen LogP contribution < -0.4 is 15.4 Å². The molecule has 1 aromatic rings. The van der Waals surface area contributed by atoms with Crippen LogP contribution in [0.1, 0.15) is 82.9 Å². The Morgan fingerprint density at radius 1 is 1.12 bits per heavy atom. The number of alkyl carbamates (subject to hydrolysis) is 1. The fraction of sp³-hybridized carbons (Fsp3) is 0.639. The SMILES string of the molecule is COCC1c2ccc(OC)cc2CCN1C(=O)O[C@@H]1C[C@H]2C(=O)N[C@]3(C(=O)O)C[C@@H]3/C=C\CCCCC[C@H](NC(=O)OC(C)(C)C)C(=O)N2C1. The fourth-order valence-electron chi connectivity index (χ4n) is 7.18. The Bertz CT molecular complexity index is 1490. The van der Waals surface area contributed by atoms with Crippen LogP contribution in [0.3, 0.4) is 0 Å². The number of allylic oxidation sites excluding steroid dienone is 1. The smallest absolute Gasteiger partial charge is 0.410 e. The Morgan fingerprint density at radius 2 is 1.90 bits per heavy atom. The van der Waals surface area contributed by atoms with Crippen LogP contribution in [0.15, 0.2) is 30.4 Å². The molecule has 4 amide bonds. The second kappa shape index (κ2) is 15.3. The van der Waals surface area contributed by atoms with Crippen molar-refractivity contribution < 1.29 is 48.0 Å². The number of rotatable bonds is 6. The van der Waals surface area contributed by atoms with Gasteiger partial charge in [0, 0.05) is 26.0 Å². The lowest BCUT2D eigenvalue weighted by Crippen LogP contribution is -2.56. The number of hydrogen-bond donors (Lipinski definition) is 3. The van der Waals surface area contributed by atoms with Gasteiger partial charge in [-0.1, -0.05) is 31.1 Å². The molecule has 1 saturated carbocycles. The summed E-state index contributed by atoms with van der Waals surface area (Å²) < 4.78 is 22.3. The van der Waals surface area contributed by atoms with E-state index in [-0.39, 0.29) is 31.9 Å². The number of carbonyl (C=O) groups is 5. The second-order valence-electron chi connectivity index (χ2n) is 14.6. The van der Waals surface area contributed by atoms with Crippen molar-refractivity contribution in [3.8, 4) is 5.75 Å². The van der Waals surface area contributed by atoms with Gasteiger partial charge in [0.15, 0.2) is 0 Å². The predicted octanol–water partition coefficient (Wildman–Crippen LogP) is 3.72. The summed E-state index contributed by atoms with van der Waals surface area (Å²) in [4.78, 5) is 70.1. The first-order valence-corrected chi connectivity index (χ1v) is 17.4. The number of nitrogens with one attached hydrogen (secondary N) is 2. The van der Waals surface area contributed by atoms with Crippen LogP contribution in [0.25, 0.3) is 0 Å². The monoisotopic (exact) mass is 698 g/mol. The standard InChI is InChI=1S/C36H50N4O10/c1-35(2,3)50-33(45)37-27-12-10-8-6-7-9-11-23-19-36(23,32(43)44)38-30(41)28-18-25(20-40(28)31(27)42)49-34(46)39-16-15-22-17-24(48-5)13-14-26(22)29(39)21-47-4/h9,11,13-14,17,23,25,27-29H,6-8,10,12,15-16,18-21H2,1-5H3,(H,37,45)(H,38,41)(H,43,44)/b11-9-/t23-,25+,27-,28-,29?,36+/m0/s1. The number of methoxy groups -OCH3 is 2. The highest BCUT2D eigenvalue weighted by Gasteiger charge is 2.61. The molecule has 1 saturated heterocycles. The van der Waals surface area contributed by atoms with Gasteiger partial charge in [0.25, 0.3) is 0 Å². The van der Waals surface area contributed by atoms with E-state index in [1.165, 1.54) is 4.90 Å². The summed E-state index contributed by atoms with van der Waals surface area (Å²) in [7, 11) is 3.15. The summed E-state index contributed by atoms with van der Waals surface area (Å²) in [5.74, 6) is -2.00. The summed E-state index contributed by atoms with van der Waals surface area (Å²) >= 11 is 0. The number of carboxylic acids is 1. The van der Waals surface area contributed by atoms with E-state index in [0.29, 0.717) is 31.6 Å². The molecule has 0 aromatic heterocycles. The molecule has 5 rings (SSSR count). The zero-order valence-corrected chi connectivity index (χ0v) is 29.6. The number of carbonyl (C=O) groups excluding carboxylic acids is 4. The van der Waals surface area contributed by atoms with Crippen molar-refractivity contribution in [3.05, 3.63) is 41.5 Å². The Balaban J connectivity index is 1.39. The number of aliphatic carboxylic acids is 1. The van der Waals surface area contributed by atoms with Crippen LogP contribution in [-0.2, 0) is 35.0 Å². The molecule has 14 heteroatoms. The van der Waals surface area contributed by atoms with E-state index in [9.17, 15) is 29.1 Å². The summed E-state index contributed by atoms with van der Waals surface area (Å²) in [6, 6.07) is 3.09. The normalized spacial score (nSPS) is 29.2. The average molecular weight is 699 g/mol. The van der Waals surface area contributed by atoms with Gasteiger partial charge in [-0.15, -0.1) is 0 Å². The minimum atomic E-state index is -1.48. The van der Waals surface area contributed by atoms with Gasteiger partial charge in [-0.05, 0) is 76.1 Å². The van der Waals surface area contributed by atoms with E-state index in [0.717, 1.165) is 30.4 Å². The maximum absolute atomic E-state index is 14.2. The highest BCUT2D eigenvalue weighted by molar-refractivity contribution is 5.96. The molecule has 14 nitrogen and oxygen atoms in total. The number of carboxylic acid groups (broad SMARTS) is 1. The second-order valence-corrected chi connectivity index (χ2v) is 14.6. The van der Waals surface area contributed by atoms with Gasteiger partial charge >= 0.3 is 18.2 Å². The lowest BCUT2D eigenvalue weighted by Gasteiger charge is -2.37. The molecule has 50 heavy (non-hydrogen) atoms. The molecule has 0 spiro atoms. The zero-order chi connectivity index (χ0) is 36.2. The van der Waals surface area contributed by atoms with E-state index >= 15 is 0 Å². The van der Waals surface area contributed by atoms with E-state index < -0.39 is 65.3 Å². The van der Waals surface area contributed by atoms with Gasteiger partial charge in [-0.2, -0.15) is 0 Å². The zero-order valence-electron chi connectivity index (χ0n) is 29.6. The third-order valence-electron chi connectivity index (χ3n) is 9.85. The van der Waals surface area contributed by atoms with Gasteiger partial charge in [-0.3, -0.25) is 14.5 Å². The minimum Gasteiger partial charge on any atom is -0.497 e. The van der Waals surface area contributed by atoms with Crippen LogP contribution >= 0.6 is 0 Å². The maximum Gasteiger partial charge on any atom is 0.410 e. The molecule has 6 atom stereocenters. The molecule has 0 radical (unpaired) electrons. The van der Waals surface area contributed by atoms with E-state index in [4.69, 9.17) is 18.9 Å². The van der Waals surface area contributed by atoms with Crippen molar-refractivity contribution in [2.24, 2.45) is 5.92 Å². The summed E-state index contributed by atoms with van der Waals surface area (Å²) in [5.41, 5.74) is -0.341. The molecule has 1 aromatic carbocycles. The van der Waals surface area contributed by atoms with E-state index in [2.05, 4.69) is 10.6 Å². The summed E-state index contributed by atoms with van der Waals surface area (Å²) in [6.45, 7) is 5.61. The lowest BCUT2D eigenvalue weighted by molar-refractivity contribution is -0.145. The topological polar surface area (TPSA) is 173 Å². The van der Waals surface area contributed by atoms with Crippen molar-refractivity contribution in [1.82, 2.24) is 20.4 Å². The first-order chi connectivity index (χ1) is 23.8. The summed E-state index contributed by atoms with van der Waals surface area (Å²) in [6.07, 6.45) is 5.49.